The van der Waals surface area contributed by atoms with Gasteiger partial charge in [0, 0.05) is 26.9 Å². The van der Waals surface area contributed by atoms with Crippen molar-refractivity contribution in [2.24, 2.45) is 0 Å². The fourth-order valence-electron chi connectivity index (χ4n) is 2.65. The molecule has 1 amide bonds. The maximum atomic E-state index is 12.6. The number of hydrogen-bond acceptors (Lipinski definition) is 4. The van der Waals surface area contributed by atoms with Gasteiger partial charge in [-0.2, -0.15) is 0 Å². The number of anilines is 1. The van der Waals surface area contributed by atoms with Gasteiger partial charge >= 0.3 is 5.97 Å². The number of benzene rings is 3. The van der Waals surface area contributed by atoms with Crippen LogP contribution in [0.25, 0.3) is 0 Å². The fourth-order valence-corrected chi connectivity index (χ4v) is 3.63. The Morgan fingerprint density at radius 2 is 1.62 bits per heavy atom. The molecule has 0 radical (unpaired) electrons. The number of aryl methyl sites for hydroxylation is 1. The third-order valence-electron chi connectivity index (χ3n) is 4.34. The van der Waals surface area contributed by atoms with Crippen LogP contribution in [0.3, 0.4) is 0 Å². The van der Waals surface area contributed by atoms with Crippen molar-refractivity contribution < 1.29 is 14.3 Å². The Morgan fingerprint density at radius 1 is 0.966 bits per heavy atom. The molecule has 0 spiro atoms. The largest absolute Gasteiger partial charge is 0.465 e. The number of rotatable bonds is 6. The van der Waals surface area contributed by atoms with Gasteiger partial charge in [0.1, 0.15) is 0 Å². The highest BCUT2D eigenvalue weighted by atomic mass is 35.5. The zero-order valence-electron chi connectivity index (χ0n) is 16.1. The van der Waals surface area contributed by atoms with Crippen LogP contribution in [-0.4, -0.2) is 19.0 Å². The number of ether oxygens (including phenoxy) is 1. The second-order valence-corrected chi connectivity index (χ2v) is 7.90. The van der Waals surface area contributed by atoms with Gasteiger partial charge in [-0.3, -0.25) is 4.79 Å². The first kappa shape index (κ1) is 21.0. The number of hydrogen-bond donors (Lipinski definition) is 1. The van der Waals surface area contributed by atoms with E-state index in [1.165, 1.54) is 7.11 Å². The summed E-state index contributed by atoms with van der Waals surface area (Å²) in [6.45, 7) is 1.87. The molecule has 0 heterocycles. The van der Waals surface area contributed by atoms with Gasteiger partial charge in [0.2, 0.25) is 0 Å². The normalized spacial score (nSPS) is 10.4. The summed E-state index contributed by atoms with van der Waals surface area (Å²) in [6.07, 6.45) is 0. The van der Waals surface area contributed by atoms with Crippen LogP contribution >= 0.6 is 23.4 Å². The zero-order valence-corrected chi connectivity index (χ0v) is 17.6. The molecular formula is C23H20ClNO3S. The standard InChI is InChI=1S/C23H20ClNO3S/c1-15-3-6-18(23(27)28-2)13-21(15)25-22(26)17-7-4-16(5-8-17)14-29-20-11-9-19(24)10-12-20/h3-13H,14H2,1-2H3,(H,25,26). The molecule has 0 aromatic heterocycles. The summed E-state index contributed by atoms with van der Waals surface area (Å²) in [4.78, 5) is 25.4. The van der Waals surface area contributed by atoms with E-state index in [-0.39, 0.29) is 5.91 Å². The molecule has 0 saturated carbocycles. The summed E-state index contributed by atoms with van der Waals surface area (Å²) in [7, 11) is 1.33. The van der Waals surface area contributed by atoms with Crippen molar-refractivity contribution in [1.82, 2.24) is 0 Å². The van der Waals surface area contributed by atoms with Gasteiger partial charge in [-0.05, 0) is 66.6 Å². The average Bonchev–Trinajstić information content (AvgIpc) is 2.74. The van der Waals surface area contributed by atoms with Crippen LogP contribution in [0.2, 0.25) is 5.02 Å². The molecule has 0 unspecified atom stereocenters. The summed E-state index contributed by atoms with van der Waals surface area (Å²) < 4.78 is 4.73. The lowest BCUT2D eigenvalue weighted by Crippen LogP contribution is -2.13. The lowest BCUT2D eigenvalue weighted by molar-refractivity contribution is 0.0600. The molecule has 3 aromatic carbocycles. The molecule has 1 N–H and O–H groups in total. The molecule has 4 nitrogen and oxygen atoms in total. The predicted molar refractivity (Wildman–Crippen MR) is 118 cm³/mol. The molecule has 3 rings (SSSR count). The van der Waals surface area contributed by atoms with Crippen molar-refractivity contribution in [3.05, 3.63) is 94.0 Å². The number of nitrogens with one attached hydrogen (secondary N) is 1. The van der Waals surface area contributed by atoms with Gasteiger partial charge in [0.25, 0.3) is 5.91 Å². The van der Waals surface area contributed by atoms with E-state index in [4.69, 9.17) is 16.3 Å². The summed E-state index contributed by atoms with van der Waals surface area (Å²) in [5.41, 5.74) is 3.50. The number of halogens is 1. The highest BCUT2D eigenvalue weighted by Crippen LogP contribution is 2.25. The monoisotopic (exact) mass is 425 g/mol. The van der Waals surface area contributed by atoms with Crippen LogP contribution < -0.4 is 5.32 Å². The Bertz CT molecular complexity index is 1020. The van der Waals surface area contributed by atoms with Crippen LogP contribution in [0, 0.1) is 6.92 Å². The second-order valence-electron chi connectivity index (χ2n) is 6.41. The van der Waals surface area contributed by atoms with E-state index in [2.05, 4.69) is 5.32 Å². The summed E-state index contributed by atoms with van der Waals surface area (Å²) in [5, 5.41) is 3.58. The lowest BCUT2D eigenvalue weighted by atomic mass is 10.1. The Labute approximate surface area is 179 Å². The summed E-state index contributed by atoms with van der Waals surface area (Å²) >= 11 is 7.61. The van der Waals surface area contributed by atoms with Crippen molar-refractivity contribution >= 4 is 40.9 Å². The van der Waals surface area contributed by atoms with E-state index in [1.54, 1.807) is 42.1 Å². The van der Waals surface area contributed by atoms with Gasteiger partial charge in [-0.25, -0.2) is 4.79 Å². The number of methoxy groups -OCH3 is 1. The van der Waals surface area contributed by atoms with Crippen molar-refractivity contribution in [3.63, 3.8) is 0 Å². The molecule has 29 heavy (non-hydrogen) atoms. The van der Waals surface area contributed by atoms with Crippen LogP contribution in [0.1, 0.15) is 31.8 Å². The molecule has 0 aliphatic heterocycles. The molecule has 3 aromatic rings. The smallest absolute Gasteiger partial charge is 0.337 e. The Morgan fingerprint density at radius 3 is 2.28 bits per heavy atom. The molecule has 0 aliphatic rings. The van der Waals surface area contributed by atoms with E-state index >= 15 is 0 Å². The van der Waals surface area contributed by atoms with E-state index in [0.717, 1.165) is 26.8 Å². The van der Waals surface area contributed by atoms with E-state index in [0.29, 0.717) is 16.8 Å². The SMILES string of the molecule is COC(=O)c1ccc(C)c(NC(=O)c2ccc(CSc3ccc(Cl)cc3)cc2)c1. The minimum absolute atomic E-state index is 0.230. The van der Waals surface area contributed by atoms with Crippen LogP contribution in [-0.2, 0) is 10.5 Å². The first-order chi connectivity index (χ1) is 14.0. The number of thioether (sulfide) groups is 1. The Kier molecular flexibility index (Phi) is 6.96. The van der Waals surface area contributed by atoms with Gasteiger partial charge in [0.15, 0.2) is 0 Å². The molecule has 0 fully saturated rings. The maximum absolute atomic E-state index is 12.6. The Hall–Kier alpha value is -2.76. The van der Waals surface area contributed by atoms with E-state index in [9.17, 15) is 9.59 Å². The molecule has 0 aliphatic carbocycles. The van der Waals surface area contributed by atoms with Crippen molar-refractivity contribution in [1.29, 1.82) is 0 Å². The third-order valence-corrected chi connectivity index (χ3v) is 5.68. The van der Waals surface area contributed by atoms with Crippen LogP contribution in [0.15, 0.2) is 71.6 Å². The lowest BCUT2D eigenvalue weighted by Gasteiger charge is -2.10. The van der Waals surface area contributed by atoms with Gasteiger partial charge in [-0.15, -0.1) is 11.8 Å². The zero-order chi connectivity index (χ0) is 20.8. The first-order valence-corrected chi connectivity index (χ1v) is 10.3. The van der Waals surface area contributed by atoms with Gasteiger partial charge in [-0.1, -0.05) is 29.8 Å². The van der Waals surface area contributed by atoms with E-state index in [1.807, 2.05) is 43.3 Å². The molecule has 0 bridgehead atoms. The Balaban J connectivity index is 1.64. The van der Waals surface area contributed by atoms with Crippen molar-refractivity contribution in [3.8, 4) is 0 Å². The van der Waals surface area contributed by atoms with Crippen molar-refractivity contribution in [2.75, 3.05) is 12.4 Å². The topological polar surface area (TPSA) is 55.4 Å². The van der Waals surface area contributed by atoms with Gasteiger partial charge < -0.3 is 10.1 Å². The second kappa shape index (κ2) is 9.63. The van der Waals surface area contributed by atoms with Gasteiger partial charge in [0.05, 0.1) is 12.7 Å². The third kappa shape index (κ3) is 5.62. The van der Waals surface area contributed by atoms with E-state index < -0.39 is 5.97 Å². The highest BCUT2D eigenvalue weighted by molar-refractivity contribution is 7.98. The van der Waals surface area contributed by atoms with Crippen molar-refractivity contribution in [2.45, 2.75) is 17.6 Å². The summed E-state index contributed by atoms with van der Waals surface area (Å²) in [6, 6.07) is 20.3. The molecule has 0 saturated heterocycles. The highest BCUT2D eigenvalue weighted by Gasteiger charge is 2.12. The maximum Gasteiger partial charge on any atom is 0.337 e. The number of carbonyl (C=O) groups excluding carboxylic acids is 2. The molecule has 148 valence electrons. The number of carbonyl (C=O) groups is 2. The molecular weight excluding hydrogens is 406 g/mol. The fraction of sp³-hybridized carbons (Fsp3) is 0.130. The first-order valence-electron chi connectivity index (χ1n) is 8.94. The van der Waals surface area contributed by atoms with Crippen LogP contribution in [0.4, 0.5) is 5.69 Å². The van der Waals surface area contributed by atoms with Crippen LogP contribution in [0.5, 0.6) is 0 Å². The molecule has 0 atom stereocenters. The quantitative estimate of drug-likeness (QED) is 0.390. The minimum atomic E-state index is -0.442. The molecule has 6 heteroatoms. The number of esters is 1. The minimum Gasteiger partial charge on any atom is -0.465 e. The number of amides is 1. The summed E-state index contributed by atoms with van der Waals surface area (Å²) in [5.74, 6) is 0.124. The average molecular weight is 426 g/mol. The predicted octanol–water partition coefficient (Wildman–Crippen LogP) is 5.98.